The van der Waals surface area contributed by atoms with Crippen molar-refractivity contribution in [2.45, 2.75) is 25.7 Å². The molecular formula is C12H19N3O2. The zero-order chi connectivity index (χ0) is 12.1. The SMILES string of the molecule is NCC1CCC(CNC(=O)c2ccon2)CC1. The van der Waals surface area contributed by atoms with Crippen molar-refractivity contribution in [3.8, 4) is 0 Å². The normalized spacial score (nSPS) is 24.5. The van der Waals surface area contributed by atoms with Gasteiger partial charge in [0.25, 0.3) is 5.91 Å². The maximum absolute atomic E-state index is 11.6. The molecule has 17 heavy (non-hydrogen) atoms. The van der Waals surface area contributed by atoms with E-state index in [-0.39, 0.29) is 5.91 Å². The minimum atomic E-state index is -0.153. The minimum Gasteiger partial charge on any atom is -0.364 e. The lowest BCUT2D eigenvalue weighted by molar-refractivity contribution is 0.0932. The molecule has 5 nitrogen and oxygen atoms in total. The number of nitrogens with zero attached hydrogens (tertiary/aromatic N) is 1. The fourth-order valence-corrected chi connectivity index (χ4v) is 2.33. The van der Waals surface area contributed by atoms with E-state index >= 15 is 0 Å². The highest BCUT2D eigenvalue weighted by molar-refractivity contribution is 5.91. The molecule has 0 atom stereocenters. The van der Waals surface area contributed by atoms with Gasteiger partial charge in [-0.15, -0.1) is 0 Å². The van der Waals surface area contributed by atoms with Crippen molar-refractivity contribution in [3.05, 3.63) is 18.0 Å². The van der Waals surface area contributed by atoms with Crippen molar-refractivity contribution >= 4 is 5.91 Å². The van der Waals surface area contributed by atoms with E-state index in [1.165, 1.54) is 19.1 Å². The monoisotopic (exact) mass is 237 g/mol. The zero-order valence-corrected chi connectivity index (χ0v) is 9.89. The van der Waals surface area contributed by atoms with Crippen LogP contribution in [-0.2, 0) is 0 Å². The average molecular weight is 237 g/mol. The largest absolute Gasteiger partial charge is 0.364 e. The summed E-state index contributed by atoms with van der Waals surface area (Å²) < 4.78 is 4.63. The van der Waals surface area contributed by atoms with E-state index in [0.717, 1.165) is 25.9 Å². The van der Waals surface area contributed by atoms with Crippen LogP contribution in [0.15, 0.2) is 16.9 Å². The molecule has 1 aromatic heterocycles. The zero-order valence-electron chi connectivity index (χ0n) is 9.89. The van der Waals surface area contributed by atoms with Crippen LogP contribution in [0.1, 0.15) is 36.2 Å². The highest BCUT2D eigenvalue weighted by Crippen LogP contribution is 2.27. The van der Waals surface area contributed by atoms with Gasteiger partial charge in [0.15, 0.2) is 5.69 Å². The average Bonchev–Trinajstić information content (AvgIpc) is 2.90. The molecule has 3 N–H and O–H groups in total. The third-order valence-electron chi connectivity index (χ3n) is 3.52. The van der Waals surface area contributed by atoms with Crippen molar-refractivity contribution in [1.82, 2.24) is 10.5 Å². The number of hydrogen-bond acceptors (Lipinski definition) is 4. The first-order valence-corrected chi connectivity index (χ1v) is 6.18. The Labute approximate surface area is 101 Å². The second kappa shape index (κ2) is 5.82. The molecule has 1 aliphatic rings. The topological polar surface area (TPSA) is 81.1 Å². The predicted octanol–water partition coefficient (Wildman–Crippen LogP) is 1.17. The number of carbonyl (C=O) groups excluding carboxylic acids is 1. The number of amides is 1. The van der Waals surface area contributed by atoms with Gasteiger partial charge in [-0.1, -0.05) is 5.16 Å². The minimum absolute atomic E-state index is 0.153. The molecular weight excluding hydrogens is 218 g/mol. The molecule has 94 valence electrons. The number of nitrogens with one attached hydrogen (secondary N) is 1. The third kappa shape index (κ3) is 3.30. The molecule has 0 unspecified atom stereocenters. The highest BCUT2D eigenvalue weighted by atomic mass is 16.5. The van der Waals surface area contributed by atoms with Gasteiger partial charge in [0.2, 0.25) is 0 Å². The van der Waals surface area contributed by atoms with Gasteiger partial charge in [0.1, 0.15) is 6.26 Å². The van der Waals surface area contributed by atoms with Crippen LogP contribution in [0.2, 0.25) is 0 Å². The quantitative estimate of drug-likeness (QED) is 0.823. The number of aromatic nitrogens is 1. The predicted molar refractivity (Wildman–Crippen MR) is 63.3 cm³/mol. The van der Waals surface area contributed by atoms with Gasteiger partial charge in [0, 0.05) is 12.6 Å². The van der Waals surface area contributed by atoms with Crippen LogP contribution in [0.25, 0.3) is 0 Å². The smallest absolute Gasteiger partial charge is 0.273 e. The number of nitrogens with two attached hydrogens (primary N) is 1. The number of carbonyl (C=O) groups is 1. The third-order valence-corrected chi connectivity index (χ3v) is 3.52. The summed E-state index contributed by atoms with van der Waals surface area (Å²) >= 11 is 0. The summed E-state index contributed by atoms with van der Waals surface area (Å²) in [6.45, 7) is 1.51. The summed E-state index contributed by atoms with van der Waals surface area (Å²) in [5, 5.41) is 6.50. The van der Waals surface area contributed by atoms with E-state index in [2.05, 4.69) is 15.0 Å². The first-order chi connectivity index (χ1) is 8.29. The Kier molecular flexibility index (Phi) is 4.14. The summed E-state index contributed by atoms with van der Waals surface area (Å²) in [4.78, 5) is 11.6. The first kappa shape index (κ1) is 12.1. The molecule has 1 saturated carbocycles. The summed E-state index contributed by atoms with van der Waals surface area (Å²) in [6.07, 6.45) is 6.07. The molecule has 2 rings (SSSR count). The Morgan fingerprint density at radius 3 is 2.71 bits per heavy atom. The molecule has 1 fully saturated rings. The molecule has 0 bridgehead atoms. The van der Waals surface area contributed by atoms with Crippen LogP contribution >= 0.6 is 0 Å². The molecule has 1 amide bonds. The second-order valence-corrected chi connectivity index (χ2v) is 4.72. The Morgan fingerprint density at radius 1 is 1.41 bits per heavy atom. The summed E-state index contributed by atoms with van der Waals surface area (Å²) in [5.41, 5.74) is 5.99. The Bertz CT molecular complexity index is 343. The van der Waals surface area contributed by atoms with Crippen LogP contribution in [0.5, 0.6) is 0 Å². The van der Waals surface area contributed by atoms with Crippen molar-refractivity contribution < 1.29 is 9.32 Å². The molecule has 5 heteroatoms. The summed E-state index contributed by atoms with van der Waals surface area (Å²) in [5.74, 6) is 1.10. The Balaban J connectivity index is 1.71. The van der Waals surface area contributed by atoms with E-state index in [1.54, 1.807) is 6.07 Å². The first-order valence-electron chi connectivity index (χ1n) is 6.18. The maximum atomic E-state index is 11.6. The van der Waals surface area contributed by atoms with Gasteiger partial charge in [-0.3, -0.25) is 4.79 Å². The van der Waals surface area contributed by atoms with Crippen LogP contribution in [-0.4, -0.2) is 24.2 Å². The van der Waals surface area contributed by atoms with E-state index in [4.69, 9.17) is 5.73 Å². The molecule has 0 aromatic carbocycles. The lowest BCUT2D eigenvalue weighted by Crippen LogP contribution is -2.32. The molecule has 0 saturated heterocycles. The summed E-state index contributed by atoms with van der Waals surface area (Å²) in [6, 6.07) is 1.57. The van der Waals surface area contributed by atoms with Crippen LogP contribution in [0.4, 0.5) is 0 Å². The fourth-order valence-electron chi connectivity index (χ4n) is 2.33. The van der Waals surface area contributed by atoms with Crippen LogP contribution in [0.3, 0.4) is 0 Å². The molecule has 1 heterocycles. The Morgan fingerprint density at radius 2 is 2.12 bits per heavy atom. The number of rotatable bonds is 4. The number of hydrogen-bond donors (Lipinski definition) is 2. The van der Waals surface area contributed by atoms with Crippen molar-refractivity contribution in [3.63, 3.8) is 0 Å². The molecule has 0 radical (unpaired) electrons. The molecule has 0 aliphatic heterocycles. The maximum Gasteiger partial charge on any atom is 0.273 e. The van der Waals surface area contributed by atoms with Crippen molar-refractivity contribution in [2.24, 2.45) is 17.6 Å². The van der Waals surface area contributed by atoms with Crippen molar-refractivity contribution in [2.75, 3.05) is 13.1 Å². The van der Waals surface area contributed by atoms with Crippen LogP contribution < -0.4 is 11.1 Å². The summed E-state index contributed by atoms with van der Waals surface area (Å²) in [7, 11) is 0. The van der Waals surface area contributed by atoms with Gasteiger partial charge in [-0.05, 0) is 44.1 Å². The van der Waals surface area contributed by atoms with Crippen molar-refractivity contribution in [1.29, 1.82) is 0 Å². The fraction of sp³-hybridized carbons (Fsp3) is 0.667. The lowest BCUT2D eigenvalue weighted by atomic mass is 9.82. The van der Waals surface area contributed by atoms with Crippen LogP contribution in [0, 0.1) is 11.8 Å². The Hall–Kier alpha value is -1.36. The van der Waals surface area contributed by atoms with Gasteiger partial charge in [0.05, 0.1) is 0 Å². The molecule has 1 aromatic rings. The van der Waals surface area contributed by atoms with Gasteiger partial charge >= 0.3 is 0 Å². The van der Waals surface area contributed by atoms with Gasteiger partial charge in [-0.25, -0.2) is 0 Å². The molecule has 0 spiro atoms. The van der Waals surface area contributed by atoms with E-state index < -0.39 is 0 Å². The van der Waals surface area contributed by atoms with E-state index in [1.807, 2.05) is 0 Å². The molecule has 1 aliphatic carbocycles. The van der Waals surface area contributed by atoms with E-state index in [9.17, 15) is 4.79 Å². The second-order valence-electron chi connectivity index (χ2n) is 4.72. The van der Waals surface area contributed by atoms with Gasteiger partial charge < -0.3 is 15.6 Å². The van der Waals surface area contributed by atoms with E-state index in [0.29, 0.717) is 17.5 Å². The lowest BCUT2D eigenvalue weighted by Gasteiger charge is -2.27. The standard InChI is InChI=1S/C12H19N3O2/c13-7-9-1-3-10(4-2-9)8-14-12(16)11-5-6-17-15-11/h5-6,9-10H,1-4,7-8,13H2,(H,14,16). The highest BCUT2D eigenvalue weighted by Gasteiger charge is 2.20. The van der Waals surface area contributed by atoms with Gasteiger partial charge in [-0.2, -0.15) is 0 Å².